The molecule has 1 aliphatic heterocycles. The van der Waals surface area contributed by atoms with Gasteiger partial charge in [-0.15, -0.1) is 0 Å². The molecule has 2 aromatic carbocycles. The van der Waals surface area contributed by atoms with Crippen molar-refractivity contribution in [3.63, 3.8) is 0 Å². The molecular formula is C18H17ClN2O4. The van der Waals surface area contributed by atoms with Crippen molar-refractivity contribution in [2.24, 2.45) is 0 Å². The van der Waals surface area contributed by atoms with Gasteiger partial charge in [-0.1, -0.05) is 17.7 Å². The number of nitrogens with zero attached hydrogens (tertiary/aromatic N) is 1. The molecule has 1 saturated heterocycles. The first-order chi connectivity index (χ1) is 12.0. The van der Waals surface area contributed by atoms with Crippen LogP contribution in [0.2, 0.25) is 5.02 Å². The summed E-state index contributed by atoms with van der Waals surface area (Å²) < 4.78 is 10.4. The van der Waals surface area contributed by atoms with Gasteiger partial charge in [-0.2, -0.15) is 0 Å². The van der Waals surface area contributed by atoms with Crippen LogP contribution in [0.1, 0.15) is 6.42 Å². The summed E-state index contributed by atoms with van der Waals surface area (Å²) in [6.45, 7) is 0. The summed E-state index contributed by atoms with van der Waals surface area (Å²) in [4.78, 5) is 26.3. The average molecular weight is 361 g/mol. The summed E-state index contributed by atoms with van der Waals surface area (Å²) in [5.41, 5.74) is 1.08. The minimum Gasteiger partial charge on any atom is -0.497 e. The van der Waals surface area contributed by atoms with Crippen molar-refractivity contribution in [2.75, 3.05) is 24.4 Å². The largest absolute Gasteiger partial charge is 0.497 e. The molecular weight excluding hydrogens is 344 g/mol. The maximum absolute atomic E-state index is 12.8. The van der Waals surface area contributed by atoms with Gasteiger partial charge in [-0.05, 0) is 30.3 Å². The van der Waals surface area contributed by atoms with E-state index in [1.807, 2.05) is 0 Å². The molecule has 0 aromatic heterocycles. The minimum atomic E-state index is -0.655. The molecule has 6 nitrogen and oxygen atoms in total. The molecule has 130 valence electrons. The zero-order valence-electron chi connectivity index (χ0n) is 13.8. The second-order valence-corrected chi connectivity index (χ2v) is 5.95. The smallest absolute Gasteiger partial charge is 0.256 e. The number of hydrogen-bond donors (Lipinski definition) is 1. The van der Waals surface area contributed by atoms with Crippen LogP contribution in [0.5, 0.6) is 11.5 Å². The number of nitrogens with one attached hydrogen (secondary N) is 1. The van der Waals surface area contributed by atoms with Gasteiger partial charge in [0.15, 0.2) is 0 Å². The van der Waals surface area contributed by atoms with Crippen molar-refractivity contribution in [3.8, 4) is 11.5 Å². The van der Waals surface area contributed by atoms with Crippen LogP contribution in [-0.4, -0.2) is 32.1 Å². The third kappa shape index (κ3) is 3.39. The van der Waals surface area contributed by atoms with Crippen LogP contribution in [-0.2, 0) is 9.59 Å². The third-order valence-electron chi connectivity index (χ3n) is 3.94. The van der Waals surface area contributed by atoms with E-state index < -0.39 is 6.04 Å². The van der Waals surface area contributed by atoms with E-state index in [1.54, 1.807) is 42.5 Å². The second kappa shape index (κ2) is 7.03. The Morgan fingerprint density at radius 1 is 1.12 bits per heavy atom. The highest BCUT2D eigenvalue weighted by atomic mass is 35.5. The summed E-state index contributed by atoms with van der Waals surface area (Å²) >= 11 is 5.96. The third-order valence-corrected chi connectivity index (χ3v) is 4.18. The van der Waals surface area contributed by atoms with Crippen LogP contribution < -0.4 is 19.7 Å². The SMILES string of the molecule is COc1ccc(N2C(=O)CC(Nc3cccc(Cl)c3)C2=O)c(OC)c1. The molecule has 0 radical (unpaired) electrons. The molecule has 1 fully saturated rings. The van der Waals surface area contributed by atoms with Gasteiger partial charge in [-0.25, -0.2) is 4.90 Å². The predicted molar refractivity (Wildman–Crippen MR) is 95.5 cm³/mol. The van der Waals surface area contributed by atoms with Gasteiger partial charge >= 0.3 is 0 Å². The molecule has 0 saturated carbocycles. The summed E-state index contributed by atoms with van der Waals surface area (Å²) in [6.07, 6.45) is 0.0561. The first-order valence-electron chi connectivity index (χ1n) is 7.64. The highest BCUT2D eigenvalue weighted by Crippen LogP contribution is 2.35. The van der Waals surface area contributed by atoms with Gasteiger partial charge in [0, 0.05) is 16.8 Å². The van der Waals surface area contributed by atoms with Crippen LogP contribution in [0.25, 0.3) is 0 Å². The Balaban J connectivity index is 1.86. The minimum absolute atomic E-state index is 0.0561. The Hall–Kier alpha value is -2.73. The number of hydrogen-bond acceptors (Lipinski definition) is 5. The van der Waals surface area contributed by atoms with E-state index in [-0.39, 0.29) is 18.2 Å². The normalized spacial score (nSPS) is 16.9. The number of anilines is 2. The van der Waals surface area contributed by atoms with E-state index in [4.69, 9.17) is 21.1 Å². The van der Waals surface area contributed by atoms with Crippen LogP contribution in [0.15, 0.2) is 42.5 Å². The number of carbonyl (C=O) groups excluding carboxylic acids is 2. The number of methoxy groups -OCH3 is 2. The lowest BCUT2D eigenvalue weighted by molar-refractivity contribution is -0.121. The number of imide groups is 1. The van der Waals surface area contributed by atoms with Crippen LogP contribution in [0.3, 0.4) is 0 Å². The maximum atomic E-state index is 12.8. The number of ether oxygens (including phenoxy) is 2. The molecule has 1 atom stereocenters. The van der Waals surface area contributed by atoms with Crippen molar-refractivity contribution in [2.45, 2.75) is 12.5 Å². The number of halogens is 1. The van der Waals surface area contributed by atoms with Crippen molar-refractivity contribution in [3.05, 3.63) is 47.5 Å². The van der Waals surface area contributed by atoms with E-state index in [1.165, 1.54) is 14.2 Å². The molecule has 0 bridgehead atoms. The van der Waals surface area contributed by atoms with Gasteiger partial charge in [0.25, 0.3) is 5.91 Å². The maximum Gasteiger partial charge on any atom is 0.256 e. The highest BCUT2D eigenvalue weighted by molar-refractivity contribution is 6.31. The molecule has 2 aromatic rings. The first kappa shape index (κ1) is 17.1. The van der Waals surface area contributed by atoms with E-state index in [0.29, 0.717) is 27.9 Å². The van der Waals surface area contributed by atoms with Crippen LogP contribution >= 0.6 is 11.6 Å². The van der Waals surface area contributed by atoms with Crippen LogP contribution in [0, 0.1) is 0 Å². The summed E-state index contributed by atoms with van der Waals surface area (Å²) in [5, 5.41) is 3.61. The summed E-state index contributed by atoms with van der Waals surface area (Å²) in [5.74, 6) is 0.333. The molecule has 1 aliphatic rings. The van der Waals surface area contributed by atoms with Crippen molar-refractivity contribution < 1.29 is 19.1 Å². The van der Waals surface area contributed by atoms with Gasteiger partial charge in [0.2, 0.25) is 5.91 Å². The zero-order chi connectivity index (χ0) is 18.0. The molecule has 0 aliphatic carbocycles. The Labute approximate surface area is 150 Å². The fourth-order valence-corrected chi connectivity index (χ4v) is 2.94. The zero-order valence-corrected chi connectivity index (χ0v) is 14.5. The number of amides is 2. The molecule has 1 N–H and O–H groups in total. The van der Waals surface area contributed by atoms with Crippen molar-refractivity contribution in [1.82, 2.24) is 0 Å². The molecule has 1 unspecified atom stereocenters. The molecule has 0 spiro atoms. The van der Waals surface area contributed by atoms with E-state index >= 15 is 0 Å². The molecule has 25 heavy (non-hydrogen) atoms. The number of benzene rings is 2. The van der Waals surface area contributed by atoms with Crippen molar-refractivity contribution >= 4 is 34.8 Å². The fraction of sp³-hybridized carbons (Fsp3) is 0.222. The summed E-state index contributed by atoms with van der Waals surface area (Å²) in [6, 6.07) is 11.3. The average Bonchev–Trinajstić information content (AvgIpc) is 2.88. The lowest BCUT2D eigenvalue weighted by Crippen LogP contribution is -2.35. The van der Waals surface area contributed by atoms with E-state index in [0.717, 1.165) is 4.90 Å². The number of carbonyl (C=O) groups is 2. The Bertz CT molecular complexity index is 824. The first-order valence-corrected chi connectivity index (χ1v) is 8.02. The lowest BCUT2D eigenvalue weighted by atomic mass is 10.2. The molecule has 1 heterocycles. The number of rotatable bonds is 5. The highest BCUT2D eigenvalue weighted by Gasteiger charge is 2.40. The standard InChI is InChI=1S/C18H17ClN2O4/c1-24-13-6-7-15(16(9-13)25-2)21-17(22)10-14(18(21)23)20-12-5-3-4-11(19)8-12/h3-9,14,20H,10H2,1-2H3. The van der Waals surface area contributed by atoms with Gasteiger partial charge in [0.1, 0.15) is 17.5 Å². The molecule has 7 heteroatoms. The van der Waals surface area contributed by atoms with E-state index in [2.05, 4.69) is 5.32 Å². The lowest BCUT2D eigenvalue weighted by Gasteiger charge is -2.19. The Morgan fingerprint density at radius 2 is 1.92 bits per heavy atom. The van der Waals surface area contributed by atoms with Crippen LogP contribution in [0.4, 0.5) is 11.4 Å². The second-order valence-electron chi connectivity index (χ2n) is 5.52. The quantitative estimate of drug-likeness (QED) is 0.830. The van der Waals surface area contributed by atoms with Gasteiger partial charge in [0.05, 0.1) is 26.3 Å². The van der Waals surface area contributed by atoms with E-state index in [9.17, 15) is 9.59 Å². The monoisotopic (exact) mass is 360 g/mol. The molecule has 2 amide bonds. The van der Waals surface area contributed by atoms with Gasteiger partial charge < -0.3 is 14.8 Å². The van der Waals surface area contributed by atoms with Gasteiger partial charge in [-0.3, -0.25) is 9.59 Å². The fourth-order valence-electron chi connectivity index (χ4n) is 2.75. The van der Waals surface area contributed by atoms with Crippen molar-refractivity contribution in [1.29, 1.82) is 0 Å². The topological polar surface area (TPSA) is 67.9 Å². The Morgan fingerprint density at radius 3 is 2.60 bits per heavy atom. The summed E-state index contributed by atoms with van der Waals surface area (Å²) in [7, 11) is 3.01. The molecule has 3 rings (SSSR count). The Kier molecular flexibility index (Phi) is 4.81. The predicted octanol–water partition coefficient (Wildman–Crippen LogP) is 3.10.